The predicted octanol–water partition coefficient (Wildman–Crippen LogP) is 5.26. The molecular formula is C25H26Cl2N2O5S2. The predicted molar refractivity (Wildman–Crippen MR) is 146 cm³/mol. The molecular weight excluding hydrogens is 543 g/mol. The average molecular weight is 570 g/mol. The van der Waals surface area contributed by atoms with Gasteiger partial charge in [-0.05, 0) is 54.1 Å². The SMILES string of the molecule is COc1ccc(S(=O)(=O)N(CC(=O)NCCSCc2cccc(Cl)c2)c2ccc(Cl)cc2)cc1OC. The van der Waals surface area contributed by atoms with Gasteiger partial charge in [0.05, 0.1) is 24.8 Å². The van der Waals surface area contributed by atoms with Gasteiger partial charge in [0.2, 0.25) is 5.91 Å². The summed E-state index contributed by atoms with van der Waals surface area (Å²) < 4.78 is 38.7. The largest absolute Gasteiger partial charge is 0.493 e. The maximum Gasteiger partial charge on any atom is 0.264 e. The van der Waals surface area contributed by atoms with Gasteiger partial charge in [0.25, 0.3) is 10.0 Å². The van der Waals surface area contributed by atoms with Gasteiger partial charge in [-0.2, -0.15) is 11.8 Å². The van der Waals surface area contributed by atoms with Gasteiger partial charge in [-0.3, -0.25) is 9.10 Å². The zero-order valence-electron chi connectivity index (χ0n) is 19.7. The Kier molecular flexibility index (Phi) is 10.2. The number of nitrogens with zero attached hydrogens (tertiary/aromatic N) is 1. The Morgan fingerprint density at radius 2 is 1.67 bits per heavy atom. The second kappa shape index (κ2) is 13.1. The lowest BCUT2D eigenvalue weighted by molar-refractivity contribution is -0.119. The topological polar surface area (TPSA) is 84.9 Å². The zero-order valence-corrected chi connectivity index (χ0v) is 22.9. The van der Waals surface area contributed by atoms with Crippen LogP contribution in [-0.2, 0) is 20.6 Å². The molecule has 1 N–H and O–H groups in total. The molecule has 0 atom stereocenters. The molecule has 0 unspecified atom stereocenters. The second-order valence-corrected chi connectivity index (χ2v) is 11.4. The molecule has 0 aliphatic heterocycles. The van der Waals surface area contributed by atoms with Crippen LogP contribution in [-0.4, -0.2) is 47.4 Å². The van der Waals surface area contributed by atoms with E-state index in [4.69, 9.17) is 32.7 Å². The molecule has 3 aromatic rings. The monoisotopic (exact) mass is 568 g/mol. The van der Waals surface area contributed by atoms with Crippen molar-refractivity contribution in [1.29, 1.82) is 0 Å². The van der Waals surface area contributed by atoms with Crippen molar-refractivity contribution in [2.45, 2.75) is 10.6 Å². The van der Waals surface area contributed by atoms with Crippen LogP contribution in [0.25, 0.3) is 0 Å². The van der Waals surface area contributed by atoms with E-state index < -0.39 is 22.5 Å². The molecule has 0 bridgehead atoms. The van der Waals surface area contributed by atoms with Crippen LogP contribution in [0.5, 0.6) is 11.5 Å². The number of hydrogen-bond donors (Lipinski definition) is 1. The number of ether oxygens (including phenoxy) is 2. The second-order valence-electron chi connectivity index (χ2n) is 7.54. The molecule has 0 saturated carbocycles. The minimum atomic E-state index is -4.12. The minimum Gasteiger partial charge on any atom is -0.493 e. The van der Waals surface area contributed by atoms with Gasteiger partial charge >= 0.3 is 0 Å². The highest BCUT2D eigenvalue weighted by Crippen LogP contribution is 2.32. The summed E-state index contributed by atoms with van der Waals surface area (Å²) in [5, 5.41) is 3.92. The van der Waals surface area contributed by atoms with Crippen molar-refractivity contribution in [1.82, 2.24) is 5.32 Å². The van der Waals surface area contributed by atoms with E-state index in [9.17, 15) is 13.2 Å². The summed E-state index contributed by atoms with van der Waals surface area (Å²) in [6.45, 7) is -0.0216. The highest BCUT2D eigenvalue weighted by atomic mass is 35.5. The molecule has 0 aromatic heterocycles. The molecule has 0 spiro atoms. The van der Waals surface area contributed by atoms with E-state index in [0.29, 0.717) is 33.8 Å². The van der Waals surface area contributed by atoms with E-state index in [1.807, 2.05) is 24.3 Å². The van der Waals surface area contributed by atoms with Crippen LogP contribution in [0, 0.1) is 0 Å². The highest BCUT2D eigenvalue weighted by Gasteiger charge is 2.28. The molecule has 0 aliphatic carbocycles. The van der Waals surface area contributed by atoms with Crippen LogP contribution in [0.15, 0.2) is 71.6 Å². The molecule has 1 amide bonds. The first-order valence-electron chi connectivity index (χ1n) is 10.8. The van der Waals surface area contributed by atoms with Gasteiger partial charge < -0.3 is 14.8 Å². The van der Waals surface area contributed by atoms with E-state index in [0.717, 1.165) is 15.6 Å². The van der Waals surface area contributed by atoms with Crippen molar-refractivity contribution in [2.24, 2.45) is 0 Å². The van der Waals surface area contributed by atoms with Crippen LogP contribution in [0.2, 0.25) is 10.0 Å². The Balaban J connectivity index is 1.71. The number of anilines is 1. The van der Waals surface area contributed by atoms with Crippen molar-refractivity contribution in [2.75, 3.05) is 37.4 Å². The molecule has 7 nitrogen and oxygen atoms in total. The molecule has 0 heterocycles. The van der Waals surface area contributed by atoms with Crippen LogP contribution in [0.3, 0.4) is 0 Å². The summed E-state index contributed by atoms with van der Waals surface area (Å²) >= 11 is 13.6. The Morgan fingerprint density at radius 3 is 2.33 bits per heavy atom. The zero-order chi connectivity index (χ0) is 26.1. The number of hydrogen-bond acceptors (Lipinski definition) is 6. The minimum absolute atomic E-state index is 0.0417. The normalized spacial score (nSPS) is 11.1. The number of rotatable bonds is 12. The first kappa shape index (κ1) is 28.0. The van der Waals surface area contributed by atoms with Crippen LogP contribution >= 0.6 is 35.0 Å². The van der Waals surface area contributed by atoms with E-state index in [2.05, 4.69) is 5.32 Å². The molecule has 11 heteroatoms. The summed E-state index contributed by atoms with van der Waals surface area (Å²) in [7, 11) is -1.24. The summed E-state index contributed by atoms with van der Waals surface area (Å²) in [5.41, 5.74) is 1.40. The molecule has 3 aromatic carbocycles. The maximum absolute atomic E-state index is 13.6. The fraction of sp³-hybridized carbons (Fsp3) is 0.240. The smallest absolute Gasteiger partial charge is 0.264 e. The molecule has 192 valence electrons. The highest BCUT2D eigenvalue weighted by molar-refractivity contribution is 7.98. The first-order chi connectivity index (χ1) is 17.2. The summed E-state index contributed by atoms with van der Waals surface area (Å²) in [6, 6.07) is 18.1. The van der Waals surface area contributed by atoms with Crippen LogP contribution < -0.4 is 19.1 Å². The third-order valence-electron chi connectivity index (χ3n) is 5.07. The number of amides is 1. The lowest BCUT2D eigenvalue weighted by atomic mass is 10.2. The molecule has 0 saturated heterocycles. The number of halogens is 2. The summed E-state index contributed by atoms with van der Waals surface area (Å²) in [6.07, 6.45) is 0. The number of thioether (sulfide) groups is 1. The van der Waals surface area contributed by atoms with Gasteiger partial charge in [0, 0.05) is 34.2 Å². The van der Waals surface area contributed by atoms with Gasteiger partial charge in [-0.25, -0.2) is 8.42 Å². The van der Waals surface area contributed by atoms with Gasteiger partial charge in [-0.15, -0.1) is 0 Å². The number of nitrogens with one attached hydrogen (secondary N) is 1. The fourth-order valence-electron chi connectivity index (χ4n) is 3.29. The quantitative estimate of drug-likeness (QED) is 0.300. The van der Waals surface area contributed by atoms with E-state index in [1.54, 1.807) is 36.0 Å². The third-order valence-corrected chi connectivity index (χ3v) is 8.36. The lowest BCUT2D eigenvalue weighted by Crippen LogP contribution is -2.41. The van der Waals surface area contributed by atoms with Crippen molar-refractivity contribution < 1.29 is 22.7 Å². The van der Waals surface area contributed by atoms with Gasteiger partial charge in [0.15, 0.2) is 11.5 Å². The Labute approximate surface area is 225 Å². The Hall–Kier alpha value is -2.59. The Bertz CT molecular complexity index is 1290. The molecule has 36 heavy (non-hydrogen) atoms. The standard InChI is InChI=1S/C25H26Cl2N2O5S2/c1-33-23-11-10-22(15-24(23)34-2)36(31,32)29(21-8-6-19(26)7-9-21)16-25(30)28-12-13-35-17-18-4-3-5-20(27)14-18/h3-11,14-15H,12-13,16-17H2,1-2H3,(H,28,30). The molecule has 3 rings (SSSR count). The third kappa shape index (κ3) is 7.46. The number of carbonyl (C=O) groups excluding carboxylic acids is 1. The molecule has 0 radical (unpaired) electrons. The van der Waals surface area contributed by atoms with Crippen LogP contribution in [0.1, 0.15) is 5.56 Å². The van der Waals surface area contributed by atoms with Crippen LogP contribution in [0.4, 0.5) is 5.69 Å². The summed E-state index contributed by atoms with van der Waals surface area (Å²) in [5.74, 6) is 1.62. The Morgan fingerprint density at radius 1 is 0.944 bits per heavy atom. The molecule has 0 aliphatic rings. The van der Waals surface area contributed by atoms with Gasteiger partial charge in [0.1, 0.15) is 6.54 Å². The maximum atomic E-state index is 13.6. The average Bonchev–Trinajstić information content (AvgIpc) is 2.87. The molecule has 0 fully saturated rings. The van der Waals surface area contributed by atoms with Crippen molar-refractivity contribution in [3.05, 3.63) is 82.3 Å². The van der Waals surface area contributed by atoms with Crippen molar-refractivity contribution in [3.8, 4) is 11.5 Å². The van der Waals surface area contributed by atoms with E-state index >= 15 is 0 Å². The number of benzene rings is 3. The van der Waals surface area contributed by atoms with Crippen molar-refractivity contribution >= 4 is 56.6 Å². The number of methoxy groups -OCH3 is 2. The fourth-order valence-corrected chi connectivity index (χ4v) is 5.87. The van der Waals surface area contributed by atoms with E-state index in [-0.39, 0.29) is 10.6 Å². The van der Waals surface area contributed by atoms with Gasteiger partial charge in [-0.1, -0.05) is 35.3 Å². The van der Waals surface area contributed by atoms with Crippen molar-refractivity contribution in [3.63, 3.8) is 0 Å². The van der Waals surface area contributed by atoms with E-state index in [1.165, 1.54) is 32.4 Å². The summed E-state index contributed by atoms with van der Waals surface area (Å²) in [4.78, 5) is 12.7. The lowest BCUT2D eigenvalue weighted by Gasteiger charge is -2.24. The first-order valence-corrected chi connectivity index (χ1v) is 14.2. The number of carbonyl (C=O) groups is 1. The number of sulfonamides is 1.